The van der Waals surface area contributed by atoms with Crippen molar-refractivity contribution >= 4 is 29.1 Å². The van der Waals surface area contributed by atoms with Crippen LogP contribution in [-0.2, 0) is 22.6 Å². The molecule has 6 aliphatic rings. The van der Waals surface area contributed by atoms with E-state index in [1.807, 2.05) is 18.2 Å². The molecule has 0 aromatic heterocycles. The molecule has 2 aliphatic carbocycles. The number of nitrogens with zero attached hydrogens (tertiary/aromatic N) is 4. The Kier molecular flexibility index (Phi) is 9.39. The van der Waals surface area contributed by atoms with E-state index in [1.54, 1.807) is 4.90 Å². The molecule has 0 unspecified atom stereocenters. The number of aryl methyl sites for hydroxylation is 1. The monoisotopic (exact) mass is 715 g/mol. The van der Waals surface area contributed by atoms with E-state index in [-0.39, 0.29) is 24.1 Å². The number of benzene rings is 3. The molecule has 9 heteroatoms. The van der Waals surface area contributed by atoms with Gasteiger partial charge in [-0.15, -0.1) is 0 Å². The van der Waals surface area contributed by atoms with Crippen LogP contribution in [0.15, 0.2) is 60.7 Å². The smallest absolute Gasteiger partial charge is 0.255 e. The summed E-state index contributed by atoms with van der Waals surface area (Å²) in [6.45, 7) is 7.76. The molecule has 0 radical (unpaired) electrons. The second-order valence-corrected chi connectivity index (χ2v) is 16.7. The van der Waals surface area contributed by atoms with Crippen molar-refractivity contribution in [2.45, 2.75) is 82.7 Å². The lowest BCUT2D eigenvalue weighted by molar-refractivity contribution is -0.136. The number of nitrogens with one attached hydrogen (secondary N) is 1. The molecule has 9 rings (SSSR count). The van der Waals surface area contributed by atoms with E-state index in [4.69, 9.17) is 0 Å². The van der Waals surface area contributed by atoms with Gasteiger partial charge in [-0.1, -0.05) is 43.9 Å². The van der Waals surface area contributed by atoms with E-state index in [0.29, 0.717) is 42.0 Å². The molecule has 0 spiro atoms. The van der Waals surface area contributed by atoms with Crippen molar-refractivity contribution in [1.82, 2.24) is 15.1 Å². The zero-order valence-corrected chi connectivity index (χ0v) is 30.8. The van der Waals surface area contributed by atoms with Crippen LogP contribution in [0.25, 0.3) is 0 Å². The van der Waals surface area contributed by atoms with Crippen LogP contribution in [0.3, 0.4) is 0 Å². The molecule has 53 heavy (non-hydrogen) atoms. The number of carbonyl (C=O) groups is 3. The fourth-order valence-electron chi connectivity index (χ4n) is 10.7. The predicted octanol–water partition coefficient (Wildman–Crippen LogP) is 6.08. The van der Waals surface area contributed by atoms with E-state index < -0.39 is 6.04 Å². The third-order valence-electron chi connectivity index (χ3n) is 13.6. The van der Waals surface area contributed by atoms with Gasteiger partial charge in [-0.3, -0.25) is 24.6 Å². The van der Waals surface area contributed by atoms with Gasteiger partial charge >= 0.3 is 0 Å². The Bertz CT molecular complexity index is 1860. The molecule has 3 aromatic rings. The van der Waals surface area contributed by atoms with E-state index in [9.17, 15) is 19.5 Å². The quantitative estimate of drug-likeness (QED) is 0.287. The van der Waals surface area contributed by atoms with Gasteiger partial charge in [0.05, 0.1) is 0 Å². The van der Waals surface area contributed by atoms with Crippen molar-refractivity contribution in [2.75, 3.05) is 55.6 Å². The highest BCUT2D eigenvalue weighted by molar-refractivity contribution is 6.05. The van der Waals surface area contributed by atoms with E-state index in [0.717, 1.165) is 69.4 Å². The Hall–Kier alpha value is -4.37. The number of imide groups is 1. The number of phenolic OH excluding ortho intramolecular Hbond substituents is 1. The molecule has 1 saturated carbocycles. The Morgan fingerprint density at radius 1 is 0.698 bits per heavy atom. The number of rotatable bonds is 7. The number of piperidine rings is 2. The van der Waals surface area contributed by atoms with Crippen molar-refractivity contribution in [3.8, 4) is 5.75 Å². The topological polar surface area (TPSA) is 96.4 Å². The van der Waals surface area contributed by atoms with Crippen LogP contribution in [0.4, 0.5) is 11.4 Å². The molecule has 4 fully saturated rings. The van der Waals surface area contributed by atoms with Gasteiger partial charge in [-0.05, 0) is 115 Å². The summed E-state index contributed by atoms with van der Waals surface area (Å²) >= 11 is 0. The van der Waals surface area contributed by atoms with Crippen molar-refractivity contribution in [2.24, 2.45) is 17.8 Å². The van der Waals surface area contributed by atoms with Crippen LogP contribution >= 0.6 is 0 Å². The molecular formula is C44H53N5O4. The van der Waals surface area contributed by atoms with Crippen LogP contribution in [-0.4, -0.2) is 84.5 Å². The maximum absolute atomic E-state index is 13.1. The minimum atomic E-state index is -0.580. The van der Waals surface area contributed by atoms with Crippen LogP contribution in [0.1, 0.15) is 96.3 Å². The molecule has 3 aromatic carbocycles. The molecule has 3 amide bonds. The highest BCUT2D eigenvalue weighted by Crippen LogP contribution is 2.49. The van der Waals surface area contributed by atoms with Gasteiger partial charge in [-0.2, -0.15) is 0 Å². The lowest BCUT2D eigenvalue weighted by Crippen LogP contribution is -2.52. The van der Waals surface area contributed by atoms with Crippen molar-refractivity contribution in [1.29, 1.82) is 0 Å². The van der Waals surface area contributed by atoms with Gasteiger partial charge in [0.1, 0.15) is 11.8 Å². The summed E-state index contributed by atoms with van der Waals surface area (Å²) in [5.74, 6) is 2.28. The van der Waals surface area contributed by atoms with Gasteiger partial charge in [0.25, 0.3) is 5.91 Å². The predicted molar refractivity (Wildman–Crippen MR) is 206 cm³/mol. The fraction of sp³-hybridized carbons (Fsp3) is 0.523. The number of hydrogen-bond donors (Lipinski definition) is 2. The Morgan fingerprint density at radius 2 is 1.43 bits per heavy atom. The van der Waals surface area contributed by atoms with Gasteiger partial charge < -0.3 is 19.8 Å². The second kappa shape index (κ2) is 14.5. The summed E-state index contributed by atoms with van der Waals surface area (Å²) in [7, 11) is 0. The van der Waals surface area contributed by atoms with Crippen molar-refractivity contribution in [3.63, 3.8) is 0 Å². The number of aromatic hydroxyl groups is 1. The van der Waals surface area contributed by atoms with Crippen LogP contribution in [0, 0.1) is 17.8 Å². The first-order chi connectivity index (χ1) is 25.9. The fourth-order valence-corrected chi connectivity index (χ4v) is 10.7. The van der Waals surface area contributed by atoms with Gasteiger partial charge in [0.2, 0.25) is 11.8 Å². The summed E-state index contributed by atoms with van der Waals surface area (Å²) in [5.41, 5.74) is 8.33. The number of carbonyl (C=O) groups excluding carboxylic acids is 3. The number of piperazine rings is 1. The van der Waals surface area contributed by atoms with E-state index in [2.05, 4.69) is 62.5 Å². The minimum absolute atomic E-state index is 0.116. The summed E-state index contributed by atoms with van der Waals surface area (Å²) in [6.07, 6.45) is 10.9. The first-order valence-corrected chi connectivity index (χ1v) is 20.3. The highest BCUT2D eigenvalue weighted by atomic mass is 16.3. The van der Waals surface area contributed by atoms with Crippen LogP contribution in [0.5, 0.6) is 5.75 Å². The first kappa shape index (κ1) is 34.4. The number of amides is 3. The lowest BCUT2D eigenvalue weighted by Gasteiger charge is -2.40. The number of anilines is 2. The SMILES string of the molecule is O=C1CC[C@H](N2Cc3cc(N4CCN(CC5CCN(c6ccc([C@@H]7c8ccc(O)cc8CC[C@@H]7C7CCCC7)cc6)CC5)CC4)ccc3C2=O)C(=O)N1. The van der Waals surface area contributed by atoms with E-state index >= 15 is 0 Å². The normalized spacial score (nSPS) is 25.8. The Balaban J connectivity index is 0.771. The number of phenols is 1. The molecule has 0 bridgehead atoms. The van der Waals surface area contributed by atoms with Crippen LogP contribution in [0.2, 0.25) is 0 Å². The zero-order chi connectivity index (χ0) is 36.1. The molecule has 4 heterocycles. The van der Waals surface area contributed by atoms with Gasteiger partial charge in [0, 0.05) is 81.6 Å². The first-order valence-electron chi connectivity index (χ1n) is 20.3. The van der Waals surface area contributed by atoms with Crippen molar-refractivity contribution in [3.05, 3.63) is 88.5 Å². The average Bonchev–Trinajstić information content (AvgIpc) is 3.83. The Labute approximate surface area is 313 Å². The molecule has 278 valence electrons. The molecule has 4 aliphatic heterocycles. The third kappa shape index (κ3) is 6.82. The number of fused-ring (bicyclic) bond motifs is 2. The standard InChI is InChI=1S/C44H53N5O4/c50-36-11-14-38-32(26-36)7-12-37(30-3-1-2-4-30)42(38)31-5-8-34(9-6-31)47-19-17-29(18-20-47)27-46-21-23-48(24-22-46)35-10-13-39-33(25-35)28-49(44(39)53)40-15-16-41(51)45-43(40)52/h5-6,8-11,13-14,25-26,29-30,37,40,42,50H,1-4,7,12,15-24,27-28H2,(H,45,51,52)/t37-,40+,42+/m1/s1. The molecule has 2 N–H and O–H groups in total. The van der Waals surface area contributed by atoms with Gasteiger partial charge in [0.15, 0.2) is 0 Å². The summed E-state index contributed by atoms with van der Waals surface area (Å²) < 4.78 is 0. The lowest BCUT2D eigenvalue weighted by atomic mass is 9.66. The average molecular weight is 716 g/mol. The zero-order valence-electron chi connectivity index (χ0n) is 30.8. The number of hydrogen-bond acceptors (Lipinski definition) is 7. The van der Waals surface area contributed by atoms with Crippen molar-refractivity contribution < 1.29 is 19.5 Å². The van der Waals surface area contributed by atoms with Gasteiger partial charge in [-0.25, -0.2) is 0 Å². The van der Waals surface area contributed by atoms with E-state index in [1.165, 1.54) is 67.3 Å². The maximum atomic E-state index is 13.1. The maximum Gasteiger partial charge on any atom is 0.255 e. The molecule has 9 nitrogen and oxygen atoms in total. The Morgan fingerprint density at radius 3 is 2.19 bits per heavy atom. The third-order valence-corrected chi connectivity index (χ3v) is 13.6. The molecular weight excluding hydrogens is 663 g/mol. The summed E-state index contributed by atoms with van der Waals surface area (Å²) in [6, 6.07) is 21.2. The molecule has 3 saturated heterocycles. The van der Waals surface area contributed by atoms with Crippen LogP contribution < -0.4 is 15.1 Å². The highest BCUT2D eigenvalue weighted by Gasteiger charge is 2.40. The largest absolute Gasteiger partial charge is 0.508 e. The summed E-state index contributed by atoms with van der Waals surface area (Å²) in [4.78, 5) is 46.5. The second-order valence-electron chi connectivity index (χ2n) is 16.7. The minimum Gasteiger partial charge on any atom is -0.508 e. The molecule has 3 atom stereocenters. The summed E-state index contributed by atoms with van der Waals surface area (Å²) in [5, 5.41) is 12.6.